The number of hydrogen-bond acceptors (Lipinski definition) is 4. The second kappa shape index (κ2) is 12.6. The van der Waals surface area contributed by atoms with Crippen LogP contribution in [0.25, 0.3) is 0 Å². The van der Waals surface area contributed by atoms with Gasteiger partial charge < -0.3 is 16.6 Å². The fourth-order valence-electron chi connectivity index (χ4n) is 4.64. The molecule has 0 saturated carbocycles. The van der Waals surface area contributed by atoms with E-state index in [9.17, 15) is 5.11 Å². The number of rotatable bonds is 14. The molecule has 0 amide bonds. The minimum atomic E-state index is -0.741. The summed E-state index contributed by atoms with van der Waals surface area (Å²) in [5, 5.41) is 11.2. The minimum Gasteiger partial charge on any atom is -0.372 e. The predicted molar refractivity (Wildman–Crippen MR) is 122 cm³/mol. The van der Waals surface area contributed by atoms with Crippen LogP contribution in [0.2, 0.25) is 0 Å². The van der Waals surface area contributed by atoms with Crippen molar-refractivity contribution in [1.29, 1.82) is 0 Å². The summed E-state index contributed by atoms with van der Waals surface area (Å²) < 4.78 is 0. The number of nitrogens with two attached hydrogens (primary N) is 2. The maximum absolute atomic E-state index is 11.2. The average molecular weight is 408 g/mol. The van der Waals surface area contributed by atoms with E-state index in [2.05, 4.69) is 40.8 Å². The monoisotopic (exact) mass is 407 g/mol. The Morgan fingerprint density at radius 3 is 2.55 bits per heavy atom. The van der Waals surface area contributed by atoms with Crippen LogP contribution in [0.4, 0.5) is 0 Å². The molecule has 2 aliphatic heterocycles. The lowest BCUT2D eigenvalue weighted by molar-refractivity contribution is -0.122. The van der Waals surface area contributed by atoms with Crippen LogP contribution < -0.4 is 11.5 Å². The van der Waals surface area contributed by atoms with Crippen molar-refractivity contribution in [1.82, 2.24) is 9.80 Å². The maximum Gasteiger partial charge on any atom is 0.185 e. The van der Waals surface area contributed by atoms with Gasteiger partial charge in [0.05, 0.1) is 6.17 Å². The molecule has 6 nitrogen and oxygen atoms in total. The van der Waals surface area contributed by atoms with Crippen LogP contribution in [0, 0.1) is 5.92 Å². The Morgan fingerprint density at radius 2 is 1.79 bits per heavy atom. The summed E-state index contributed by atoms with van der Waals surface area (Å²) >= 11 is 0. The van der Waals surface area contributed by atoms with Gasteiger partial charge in [-0.2, -0.15) is 0 Å². The molecule has 0 spiro atoms. The third-order valence-electron chi connectivity index (χ3n) is 6.29. The highest BCUT2D eigenvalue weighted by molar-refractivity contribution is 5.75. The van der Waals surface area contributed by atoms with E-state index in [0.717, 1.165) is 70.6 Å². The molecular formula is C23H45N5O. The number of guanidine groups is 1. The Hall–Kier alpha value is -1.11. The summed E-state index contributed by atoms with van der Waals surface area (Å²) in [5.74, 6) is 0.999. The minimum absolute atomic E-state index is 0.183. The number of aliphatic imine (C=N–C) groups is 1. The smallest absolute Gasteiger partial charge is 0.185 e. The van der Waals surface area contributed by atoms with Crippen LogP contribution in [-0.4, -0.2) is 58.9 Å². The van der Waals surface area contributed by atoms with E-state index in [0.29, 0.717) is 0 Å². The molecule has 6 heteroatoms. The van der Waals surface area contributed by atoms with Gasteiger partial charge in [-0.05, 0) is 50.6 Å². The topological polar surface area (TPSA) is 91.1 Å². The maximum atomic E-state index is 11.2. The Balaban J connectivity index is 1.66. The lowest BCUT2D eigenvalue weighted by Crippen LogP contribution is -2.58. The third kappa shape index (κ3) is 8.27. The number of hydrogen-bond donors (Lipinski definition) is 3. The lowest BCUT2D eigenvalue weighted by atomic mass is 10.0. The predicted octanol–water partition coefficient (Wildman–Crippen LogP) is 3.41. The van der Waals surface area contributed by atoms with Gasteiger partial charge in [0, 0.05) is 19.6 Å². The SMILES string of the molecule is CC(C)CCCCCCCC1(O)C=CC2N(CCCCCN=C(N)N)CCCN21. The Bertz CT molecular complexity index is 517. The molecule has 2 aliphatic rings. The highest BCUT2D eigenvalue weighted by Gasteiger charge is 2.43. The zero-order valence-electron chi connectivity index (χ0n) is 18.9. The molecule has 2 rings (SSSR count). The summed E-state index contributed by atoms with van der Waals surface area (Å²) in [7, 11) is 0. The molecule has 0 aliphatic carbocycles. The van der Waals surface area contributed by atoms with Crippen molar-refractivity contribution >= 4 is 5.96 Å². The molecule has 2 heterocycles. The molecule has 1 saturated heterocycles. The van der Waals surface area contributed by atoms with Gasteiger partial charge in [0.15, 0.2) is 5.96 Å². The molecule has 5 N–H and O–H groups in total. The molecule has 2 unspecified atom stereocenters. The fourth-order valence-corrected chi connectivity index (χ4v) is 4.64. The number of fused-ring (bicyclic) bond motifs is 1. The summed E-state index contributed by atoms with van der Waals surface area (Å²) in [6.07, 6.45) is 17.5. The molecular weight excluding hydrogens is 362 g/mol. The summed E-state index contributed by atoms with van der Waals surface area (Å²) in [5.41, 5.74) is 9.99. The van der Waals surface area contributed by atoms with Crippen LogP contribution in [0.3, 0.4) is 0 Å². The van der Waals surface area contributed by atoms with Crippen molar-refractivity contribution in [2.45, 2.75) is 96.4 Å². The van der Waals surface area contributed by atoms with Gasteiger partial charge in [-0.25, -0.2) is 0 Å². The third-order valence-corrected chi connectivity index (χ3v) is 6.29. The van der Waals surface area contributed by atoms with E-state index < -0.39 is 5.72 Å². The van der Waals surface area contributed by atoms with Crippen molar-refractivity contribution in [3.8, 4) is 0 Å². The van der Waals surface area contributed by atoms with Gasteiger partial charge in [-0.15, -0.1) is 0 Å². The average Bonchev–Trinajstić information content (AvgIpc) is 3.01. The van der Waals surface area contributed by atoms with E-state index >= 15 is 0 Å². The highest BCUT2D eigenvalue weighted by atomic mass is 16.3. The molecule has 0 aromatic rings. The lowest BCUT2D eigenvalue weighted by Gasteiger charge is -2.45. The molecule has 1 fully saturated rings. The molecule has 0 aromatic heterocycles. The molecule has 0 aromatic carbocycles. The van der Waals surface area contributed by atoms with E-state index in [1.165, 1.54) is 32.1 Å². The van der Waals surface area contributed by atoms with Crippen molar-refractivity contribution in [3.63, 3.8) is 0 Å². The van der Waals surface area contributed by atoms with Crippen molar-refractivity contribution < 1.29 is 5.11 Å². The first-order chi connectivity index (χ1) is 13.9. The first kappa shape index (κ1) is 24.2. The molecule has 0 bridgehead atoms. The summed E-state index contributed by atoms with van der Waals surface area (Å²) in [6, 6.07) is 0. The van der Waals surface area contributed by atoms with Gasteiger partial charge in [-0.1, -0.05) is 58.4 Å². The highest BCUT2D eigenvalue weighted by Crippen LogP contribution is 2.34. The first-order valence-electron chi connectivity index (χ1n) is 11.9. The Morgan fingerprint density at radius 1 is 1.07 bits per heavy atom. The first-order valence-corrected chi connectivity index (χ1v) is 11.9. The Labute approximate surface area is 178 Å². The van der Waals surface area contributed by atoms with Crippen LogP contribution in [-0.2, 0) is 0 Å². The molecule has 2 atom stereocenters. The van der Waals surface area contributed by atoms with Crippen LogP contribution >= 0.6 is 0 Å². The van der Waals surface area contributed by atoms with Crippen molar-refractivity contribution in [2.24, 2.45) is 22.4 Å². The van der Waals surface area contributed by atoms with Gasteiger partial charge in [-0.3, -0.25) is 14.8 Å². The van der Waals surface area contributed by atoms with Gasteiger partial charge in [0.1, 0.15) is 5.72 Å². The second-order valence-corrected chi connectivity index (χ2v) is 9.30. The quantitative estimate of drug-likeness (QED) is 0.178. The zero-order chi connectivity index (χ0) is 21.1. The normalized spacial score (nSPS) is 24.9. The second-order valence-electron chi connectivity index (χ2n) is 9.30. The molecule has 29 heavy (non-hydrogen) atoms. The fraction of sp³-hybridized carbons (Fsp3) is 0.870. The van der Waals surface area contributed by atoms with Crippen LogP contribution in [0.5, 0.6) is 0 Å². The molecule has 0 radical (unpaired) electrons. The van der Waals surface area contributed by atoms with Crippen molar-refractivity contribution in [3.05, 3.63) is 12.2 Å². The molecule has 168 valence electrons. The number of nitrogens with zero attached hydrogens (tertiary/aromatic N) is 3. The van der Waals surface area contributed by atoms with Gasteiger partial charge in [0.25, 0.3) is 0 Å². The van der Waals surface area contributed by atoms with Crippen LogP contribution in [0.1, 0.15) is 84.5 Å². The number of aliphatic hydroxyl groups is 1. The van der Waals surface area contributed by atoms with E-state index in [4.69, 9.17) is 11.5 Å². The van der Waals surface area contributed by atoms with E-state index in [-0.39, 0.29) is 12.1 Å². The largest absolute Gasteiger partial charge is 0.372 e. The van der Waals surface area contributed by atoms with Crippen LogP contribution in [0.15, 0.2) is 17.1 Å². The summed E-state index contributed by atoms with van der Waals surface area (Å²) in [6.45, 7) is 8.49. The standard InChI is InChI=1S/C23H45N5O/c1-20(2)12-7-4-3-5-8-14-23(29)15-13-21-27(18-11-19-28(21)23)17-10-6-9-16-26-22(24)25/h13,15,20-21,29H,3-12,14,16-19H2,1-2H3,(H4,24,25,26). The van der Waals surface area contributed by atoms with E-state index in [1.807, 2.05) is 0 Å². The zero-order valence-corrected chi connectivity index (χ0v) is 18.9. The number of unbranched alkanes of at least 4 members (excludes halogenated alkanes) is 6. The van der Waals surface area contributed by atoms with E-state index in [1.54, 1.807) is 0 Å². The van der Waals surface area contributed by atoms with Gasteiger partial charge >= 0.3 is 0 Å². The summed E-state index contributed by atoms with van der Waals surface area (Å²) in [4.78, 5) is 8.88. The van der Waals surface area contributed by atoms with Crippen molar-refractivity contribution in [2.75, 3.05) is 26.2 Å². The van der Waals surface area contributed by atoms with Gasteiger partial charge in [0.2, 0.25) is 0 Å². The Kier molecular flexibility index (Phi) is 10.5.